The zero-order valence-corrected chi connectivity index (χ0v) is 15.6. The Kier molecular flexibility index (Phi) is 5.13. The Morgan fingerprint density at radius 2 is 1.82 bits per heavy atom. The van der Waals surface area contributed by atoms with E-state index >= 15 is 0 Å². The minimum atomic E-state index is -0.966. The monoisotopic (exact) mass is 385 g/mol. The van der Waals surface area contributed by atoms with Crippen LogP contribution in [0.4, 0.5) is 0 Å². The number of amides is 4. The van der Waals surface area contributed by atoms with Crippen molar-refractivity contribution in [3.05, 3.63) is 29.3 Å². The standard InChI is InChI=1S/C20H23N3O5/c24-16-8-7-14(18(25)21-16)23-19(26)13-5-4-6-15(17(13)20(23)27)28-12-11-22-9-2-1-3-10-22/h4-6,14H,1-3,7-12H2,(H,21,24,25). The van der Waals surface area contributed by atoms with E-state index in [4.69, 9.17) is 4.74 Å². The van der Waals surface area contributed by atoms with Gasteiger partial charge >= 0.3 is 0 Å². The fourth-order valence-corrected chi connectivity index (χ4v) is 4.07. The summed E-state index contributed by atoms with van der Waals surface area (Å²) in [6.07, 6.45) is 3.88. The molecule has 1 atom stereocenters. The van der Waals surface area contributed by atoms with E-state index in [9.17, 15) is 19.2 Å². The summed E-state index contributed by atoms with van der Waals surface area (Å²) < 4.78 is 5.85. The van der Waals surface area contributed by atoms with Crippen LogP contribution in [0.3, 0.4) is 0 Å². The van der Waals surface area contributed by atoms with Crippen LogP contribution in [0.1, 0.15) is 52.8 Å². The molecule has 2 fully saturated rings. The zero-order chi connectivity index (χ0) is 19.7. The fourth-order valence-electron chi connectivity index (χ4n) is 4.07. The minimum Gasteiger partial charge on any atom is -0.491 e. The molecule has 1 N–H and O–H groups in total. The SMILES string of the molecule is O=C1CCC(N2C(=O)c3cccc(OCCN4CCCCC4)c3C2=O)C(=O)N1. The zero-order valence-electron chi connectivity index (χ0n) is 15.6. The fraction of sp³-hybridized carbons (Fsp3) is 0.500. The predicted octanol–water partition coefficient (Wildman–Crippen LogP) is 0.952. The first-order valence-corrected chi connectivity index (χ1v) is 9.76. The van der Waals surface area contributed by atoms with Crippen LogP contribution in [-0.4, -0.2) is 65.7 Å². The van der Waals surface area contributed by atoms with Gasteiger partial charge in [0.1, 0.15) is 18.4 Å². The molecule has 4 rings (SSSR count). The third kappa shape index (κ3) is 3.40. The Balaban J connectivity index is 1.49. The molecule has 0 bridgehead atoms. The van der Waals surface area contributed by atoms with Gasteiger partial charge in [-0.1, -0.05) is 12.5 Å². The Morgan fingerprint density at radius 3 is 2.57 bits per heavy atom. The molecule has 3 aliphatic rings. The molecule has 2 saturated heterocycles. The predicted molar refractivity (Wildman–Crippen MR) is 98.9 cm³/mol. The van der Waals surface area contributed by atoms with Crippen LogP contribution >= 0.6 is 0 Å². The smallest absolute Gasteiger partial charge is 0.266 e. The van der Waals surface area contributed by atoms with Crippen LogP contribution in [0, 0.1) is 0 Å². The number of nitrogens with zero attached hydrogens (tertiary/aromatic N) is 2. The number of rotatable bonds is 5. The van der Waals surface area contributed by atoms with Gasteiger partial charge in [0.25, 0.3) is 11.8 Å². The van der Waals surface area contributed by atoms with E-state index < -0.39 is 23.8 Å². The highest BCUT2D eigenvalue weighted by Gasteiger charge is 2.45. The molecule has 0 saturated carbocycles. The number of nitrogens with one attached hydrogen (secondary N) is 1. The summed E-state index contributed by atoms with van der Waals surface area (Å²) in [5.41, 5.74) is 0.445. The summed E-state index contributed by atoms with van der Waals surface area (Å²) >= 11 is 0. The van der Waals surface area contributed by atoms with E-state index in [2.05, 4.69) is 10.2 Å². The number of hydrogen-bond donors (Lipinski definition) is 1. The molecule has 8 nitrogen and oxygen atoms in total. The Morgan fingerprint density at radius 1 is 1.04 bits per heavy atom. The van der Waals surface area contributed by atoms with Crippen LogP contribution in [0.15, 0.2) is 18.2 Å². The molecule has 1 aromatic carbocycles. The molecule has 0 spiro atoms. The van der Waals surface area contributed by atoms with E-state index in [1.807, 2.05) is 0 Å². The maximum absolute atomic E-state index is 13.0. The third-order valence-corrected chi connectivity index (χ3v) is 5.54. The van der Waals surface area contributed by atoms with Crippen molar-refractivity contribution in [2.24, 2.45) is 0 Å². The van der Waals surface area contributed by atoms with E-state index in [0.29, 0.717) is 12.4 Å². The van der Waals surface area contributed by atoms with Gasteiger partial charge in [-0.15, -0.1) is 0 Å². The molecular weight excluding hydrogens is 362 g/mol. The topological polar surface area (TPSA) is 96.0 Å². The maximum Gasteiger partial charge on any atom is 0.266 e. The van der Waals surface area contributed by atoms with Gasteiger partial charge in [-0.2, -0.15) is 0 Å². The lowest BCUT2D eigenvalue weighted by Gasteiger charge is -2.28. The summed E-state index contributed by atoms with van der Waals surface area (Å²) in [6.45, 7) is 3.30. The molecule has 28 heavy (non-hydrogen) atoms. The van der Waals surface area contributed by atoms with Crippen molar-refractivity contribution >= 4 is 23.6 Å². The number of carbonyl (C=O) groups is 4. The summed E-state index contributed by atoms with van der Waals surface area (Å²) in [4.78, 5) is 52.6. The first-order chi connectivity index (χ1) is 13.6. The second-order valence-electron chi connectivity index (χ2n) is 7.38. The van der Waals surface area contributed by atoms with Crippen LogP contribution in [0.25, 0.3) is 0 Å². The molecule has 3 heterocycles. The maximum atomic E-state index is 13.0. The van der Waals surface area contributed by atoms with Crippen molar-refractivity contribution in [3.63, 3.8) is 0 Å². The highest BCUT2D eigenvalue weighted by atomic mass is 16.5. The number of likely N-dealkylation sites (tertiary alicyclic amines) is 1. The first kappa shape index (κ1) is 18.6. The number of imide groups is 2. The van der Waals surface area contributed by atoms with Crippen molar-refractivity contribution in [1.29, 1.82) is 0 Å². The summed E-state index contributed by atoms with van der Waals surface area (Å²) in [6, 6.07) is 3.95. The van der Waals surface area contributed by atoms with Gasteiger partial charge in [-0.3, -0.25) is 34.3 Å². The molecule has 1 unspecified atom stereocenters. The summed E-state index contributed by atoms with van der Waals surface area (Å²) in [5.74, 6) is -1.69. The summed E-state index contributed by atoms with van der Waals surface area (Å²) in [5, 5.41) is 2.20. The molecule has 0 aliphatic carbocycles. The van der Waals surface area contributed by atoms with Crippen molar-refractivity contribution in [1.82, 2.24) is 15.1 Å². The van der Waals surface area contributed by atoms with Gasteiger partial charge < -0.3 is 4.74 Å². The molecule has 148 valence electrons. The molecule has 3 aliphatic heterocycles. The van der Waals surface area contributed by atoms with Crippen LogP contribution in [0.2, 0.25) is 0 Å². The van der Waals surface area contributed by atoms with Crippen molar-refractivity contribution < 1.29 is 23.9 Å². The van der Waals surface area contributed by atoms with E-state index in [0.717, 1.165) is 24.5 Å². The molecule has 4 amide bonds. The lowest BCUT2D eigenvalue weighted by atomic mass is 10.0. The molecular formula is C20H23N3O5. The van der Waals surface area contributed by atoms with E-state index in [1.165, 1.54) is 19.3 Å². The highest BCUT2D eigenvalue weighted by Crippen LogP contribution is 2.33. The quantitative estimate of drug-likeness (QED) is 0.759. The number of piperidine rings is 2. The van der Waals surface area contributed by atoms with E-state index in [1.54, 1.807) is 18.2 Å². The number of carbonyl (C=O) groups excluding carboxylic acids is 4. The number of benzene rings is 1. The highest BCUT2D eigenvalue weighted by molar-refractivity contribution is 6.24. The lowest BCUT2D eigenvalue weighted by Crippen LogP contribution is -2.54. The van der Waals surface area contributed by atoms with Crippen molar-refractivity contribution in [2.45, 2.75) is 38.1 Å². The first-order valence-electron chi connectivity index (χ1n) is 9.76. The molecule has 1 aromatic rings. The lowest BCUT2D eigenvalue weighted by molar-refractivity contribution is -0.136. The van der Waals surface area contributed by atoms with Gasteiger partial charge in [-0.05, 0) is 44.5 Å². The third-order valence-electron chi connectivity index (χ3n) is 5.54. The van der Waals surface area contributed by atoms with Gasteiger partial charge in [0.15, 0.2) is 0 Å². The molecule has 0 aromatic heterocycles. The van der Waals surface area contributed by atoms with Crippen molar-refractivity contribution in [3.8, 4) is 5.75 Å². The average molecular weight is 385 g/mol. The van der Waals surface area contributed by atoms with Gasteiger partial charge in [0.2, 0.25) is 11.8 Å². The Hall–Kier alpha value is -2.74. The Labute approximate surface area is 162 Å². The van der Waals surface area contributed by atoms with Gasteiger partial charge in [-0.25, -0.2) is 0 Å². The minimum absolute atomic E-state index is 0.100. The average Bonchev–Trinajstić information content (AvgIpc) is 2.94. The van der Waals surface area contributed by atoms with Gasteiger partial charge in [0, 0.05) is 13.0 Å². The second kappa shape index (κ2) is 7.71. The molecule has 0 radical (unpaired) electrons. The molecule has 8 heteroatoms. The van der Waals surface area contributed by atoms with Crippen LogP contribution in [-0.2, 0) is 9.59 Å². The van der Waals surface area contributed by atoms with Crippen LogP contribution < -0.4 is 10.1 Å². The van der Waals surface area contributed by atoms with Crippen LogP contribution in [0.5, 0.6) is 5.75 Å². The summed E-state index contributed by atoms with van der Waals surface area (Å²) in [7, 11) is 0. The van der Waals surface area contributed by atoms with E-state index in [-0.39, 0.29) is 29.9 Å². The number of fused-ring (bicyclic) bond motifs is 1. The number of ether oxygens (including phenoxy) is 1. The largest absolute Gasteiger partial charge is 0.491 e. The Bertz CT molecular complexity index is 831. The normalized spacial score (nSPS) is 23.0. The van der Waals surface area contributed by atoms with Crippen molar-refractivity contribution in [2.75, 3.05) is 26.2 Å². The number of hydrogen-bond acceptors (Lipinski definition) is 6. The van der Waals surface area contributed by atoms with Gasteiger partial charge in [0.05, 0.1) is 11.1 Å². The second-order valence-corrected chi connectivity index (χ2v) is 7.38.